The van der Waals surface area contributed by atoms with Gasteiger partial charge < -0.3 is 15.5 Å². The molecule has 5 heteroatoms. The quantitative estimate of drug-likeness (QED) is 0.826. The summed E-state index contributed by atoms with van der Waals surface area (Å²) in [6.07, 6.45) is 7.41. The van der Waals surface area contributed by atoms with Crippen LogP contribution in [0.3, 0.4) is 0 Å². The number of likely N-dealkylation sites (tertiary alicyclic amines) is 1. The van der Waals surface area contributed by atoms with Gasteiger partial charge in [-0.25, -0.2) is 4.98 Å². The maximum Gasteiger partial charge on any atom is 0.147 e. The molecule has 1 aliphatic rings. The van der Waals surface area contributed by atoms with E-state index in [9.17, 15) is 0 Å². The van der Waals surface area contributed by atoms with E-state index in [0.717, 1.165) is 18.2 Å². The monoisotopic (exact) mass is 235 g/mol. The van der Waals surface area contributed by atoms with Crippen molar-refractivity contribution < 1.29 is 0 Å². The first-order chi connectivity index (χ1) is 8.29. The minimum absolute atomic E-state index is 0.615. The van der Waals surface area contributed by atoms with Crippen molar-refractivity contribution in [3.63, 3.8) is 0 Å². The van der Waals surface area contributed by atoms with E-state index in [0.29, 0.717) is 6.04 Å². The van der Waals surface area contributed by atoms with E-state index in [4.69, 9.17) is 0 Å². The largest absolute Gasteiger partial charge is 0.372 e. The number of rotatable bonds is 4. The molecule has 1 atom stereocenters. The van der Waals surface area contributed by atoms with Crippen molar-refractivity contribution in [2.75, 3.05) is 37.8 Å². The lowest BCUT2D eigenvalue weighted by Crippen LogP contribution is -2.40. The Morgan fingerprint density at radius 2 is 2.18 bits per heavy atom. The molecule has 0 spiro atoms. The first-order valence-corrected chi connectivity index (χ1v) is 6.23. The normalized spacial score (nSPS) is 21.2. The second-order valence-corrected chi connectivity index (χ2v) is 4.55. The fourth-order valence-electron chi connectivity index (χ4n) is 2.20. The van der Waals surface area contributed by atoms with Crippen LogP contribution in [0, 0.1) is 0 Å². The molecule has 2 rings (SSSR count). The molecule has 94 valence electrons. The van der Waals surface area contributed by atoms with Crippen LogP contribution in [-0.4, -0.2) is 48.1 Å². The van der Waals surface area contributed by atoms with Crippen LogP contribution in [0.25, 0.3) is 0 Å². The Hall–Kier alpha value is -1.36. The zero-order chi connectivity index (χ0) is 12.1. The Morgan fingerprint density at radius 3 is 2.94 bits per heavy atom. The van der Waals surface area contributed by atoms with Crippen LogP contribution in [0.2, 0.25) is 0 Å². The topological polar surface area (TPSA) is 53.1 Å². The Bertz CT molecular complexity index is 355. The maximum atomic E-state index is 4.40. The Morgan fingerprint density at radius 1 is 1.35 bits per heavy atom. The molecule has 1 aromatic heterocycles. The number of nitrogens with zero attached hydrogens (tertiary/aromatic N) is 3. The summed E-state index contributed by atoms with van der Waals surface area (Å²) in [6.45, 7) is 2.15. The third-order valence-corrected chi connectivity index (χ3v) is 3.33. The van der Waals surface area contributed by atoms with Gasteiger partial charge in [0.05, 0.1) is 12.4 Å². The van der Waals surface area contributed by atoms with E-state index in [-0.39, 0.29) is 0 Å². The third kappa shape index (κ3) is 3.30. The predicted molar refractivity (Wildman–Crippen MR) is 70.3 cm³/mol. The van der Waals surface area contributed by atoms with Gasteiger partial charge in [-0.3, -0.25) is 4.98 Å². The van der Waals surface area contributed by atoms with Gasteiger partial charge in [-0.2, -0.15) is 0 Å². The molecule has 0 saturated carbocycles. The van der Waals surface area contributed by atoms with E-state index in [2.05, 4.69) is 32.5 Å². The summed E-state index contributed by atoms with van der Waals surface area (Å²) in [5.41, 5.74) is 0. The van der Waals surface area contributed by atoms with Crippen molar-refractivity contribution in [1.29, 1.82) is 0 Å². The van der Waals surface area contributed by atoms with Crippen molar-refractivity contribution in [2.45, 2.75) is 25.3 Å². The van der Waals surface area contributed by atoms with Crippen LogP contribution in [0.5, 0.6) is 0 Å². The van der Waals surface area contributed by atoms with Crippen LogP contribution < -0.4 is 10.6 Å². The zero-order valence-electron chi connectivity index (χ0n) is 10.6. The second kappa shape index (κ2) is 5.82. The van der Waals surface area contributed by atoms with Crippen molar-refractivity contribution in [2.24, 2.45) is 0 Å². The van der Waals surface area contributed by atoms with E-state index in [1.807, 2.05) is 7.05 Å². The molecule has 1 fully saturated rings. The van der Waals surface area contributed by atoms with Crippen molar-refractivity contribution >= 4 is 11.6 Å². The van der Waals surface area contributed by atoms with E-state index in [1.165, 1.54) is 25.8 Å². The van der Waals surface area contributed by atoms with Crippen LogP contribution in [-0.2, 0) is 0 Å². The average molecular weight is 235 g/mol. The Balaban J connectivity index is 1.88. The fraction of sp³-hybridized carbons (Fsp3) is 0.667. The zero-order valence-corrected chi connectivity index (χ0v) is 10.6. The Labute approximate surface area is 103 Å². The van der Waals surface area contributed by atoms with Crippen LogP contribution in [0.4, 0.5) is 11.6 Å². The first-order valence-electron chi connectivity index (χ1n) is 6.23. The molecule has 0 amide bonds. The molecule has 1 aromatic rings. The smallest absolute Gasteiger partial charge is 0.147 e. The number of aromatic nitrogens is 2. The van der Waals surface area contributed by atoms with Gasteiger partial charge in [0.1, 0.15) is 11.6 Å². The second-order valence-electron chi connectivity index (χ2n) is 4.55. The molecule has 0 bridgehead atoms. The van der Waals surface area contributed by atoms with Crippen LogP contribution in [0.1, 0.15) is 19.3 Å². The average Bonchev–Trinajstić information content (AvgIpc) is 2.38. The van der Waals surface area contributed by atoms with Gasteiger partial charge >= 0.3 is 0 Å². The standard InChI is InChI=1S/C12H21N5/c1-13-11-8-14-9-12(16-11)15-7-10-5-3-4-6-17(10)2/h8-10H,3-7H2,1-2H3,(H2,13,15,16). The van der Waals surface area contributed by atoms with Gasteiger partial charge in [-0.05, 0) is 26.4 Å². The lowest BCUT2D eigenvalue weighted by molar-refractivity contribution is 0.194. The highest BCUT2D eigenvalue weighted by atomic mass is 15.2. The SMILES string of the molecule is CNc1cncc(NCC2CCCCN2C)n1. The van der Waals surface area contributed by atoms with Gasteiger partial charge in [0.15, 0.2) is 0 Å². The summed E-state index contributed by atoms with van der Waals surface area (Å²) in [6, 6.07) is 0.615. The van der Waals surface area contributed by atoms with Crippen LogP contribution in [0.15, 0.2) is 12.4 Å². The lowest BCUT2D eigenvalue weighted by Gasteiger charge is -2.32. The molecule has 17 heavy (non-hydrogen) atoms. The molecule has 5 nitrogen and oxygen atoms in total. The maximum absolute atomic E-state index is 4.40. The third-order valence-electron chi connectivity index (χ3n) is 3.33. The predicted octanol–water partition coefficient (Wildman–Crippen LogP) is 1.41. The van der Waals surface area contributed by atoms with E-state index < -0.39 is 0 Å². The van der Waals surface area contributed by atoms with Gasteiger partial charge in [-0.1, -0.05) is 6.42 Å². The van der Waals surface area contributed by atoms with Crippen molar-refractivity contribution in [1.82, 2.24) is 14.9 Å². The molecule has 0 aromatic carbocycles. The summed E-state index contributed by atoms with van der Waals surface area (Å²) in [5.74, 6) is 1.64. The van der Waals surface area contributed by atoms with Gasteiger partial charge in [0.2, 0.25) is 0 Å². The number of anilines is 2. The van der Waals surface area contributed by atoms with Crippen molar-refractivity contribution in [3.05, 3.63) is 12.4 Å². The van der Waals surface area contributed by atoms with Gasteiger partial charge in [0, 0.05) is 19.6 Å². The number of hydrogen-bond donors (Lipinski definition) is 2. The molecule has 1 aliphatic heterocycles. The molecule has 2 heterocycles. The molecule has 0 radical (unpaired) electrons. The molecule has 2 N–H and O–H groups in total. The summed E-state index contributed by atoms with van der Waals surface area (Å²) >= 11 is 0. The molecular formula is C12H21N5. The molecule has 1 saturated heterocycles. The summed E-state index contributed by atoms with van der Waals surface area (Å²) < 4.78 is 0. The van der Waals surface area contributed by atoms with Gasteiger partial charge in [0.25, 0.3) is 0 Å². The minimum atomic E-state index is 0.615. The Kier molecular flexibility index (Phi) is 4.14. The van der Waals surface area contributed by atoms with Crippen LogP contribution >= 0.6 is 0 Å². The summed E-state index contributed by atoms with van der Waals surface area (Å²) in [5, 5.41) is 6.35. The highest BCUT2D eigenvalue weighted by Crippen LogP contribution is 2.15. The van der Waals surface area contributed by atoms with E-state index >= 15 is 0 Å². The lowest BCUT2D eigenvalue weighted by atomic mass is 10.0. The van der Waals surface area contributed by atoms with Crippen molar-refractivity contribution in [3.8, 4) is 0 Å². The van der Waals surface area contributed by atoms with E-state index in [1.54, 1.807) is 12.4 Å². The summed E-state index contributed by atoms with van der Waals surface area (Å²) in [7, 11) is 4.05. The summed E-state index contributed by atoms with van der Waals surface area (Å²) in [4.78, 5) is 11.0. The number of piperidine rings is 1. The fourth-order valence-corrected chi connectivity index (χ4v) is 2.20. The molecule has 1 unspecified atom stereocenters. The molecule has 0 aliphatic carbocycles. The first kappa shape index (κ1) is 12.1. The van der Waals surface area contributed by atoms with Gasteiger partial charge in [-0.15, -0.1) is 0 Å². The molecular weight excluding hydrogens is 214 g/mol. The highest BCUT2D eigenvalue weighted by molar-refractivity contribution is 5.41. The number of nitrogens with one attached hydrogen (secondary N) is 2. The number of hydrogen-bond acceptors (Lipinski definition) is 5. The minimum Gasteiger partial charge on any atom is -0.372 e. The highest BCUT2D eigenvalue weighted by Gasteiger charge is 2.18. The number of likely N-dealkylation sites (N-methyl/N-ethyl adjacent to an activating group) is 1.